The van der Waals surface area contributed by atoms with E-state index in [0.717, 1.165) is 16.8 Å². The third-order valence-electron chi connectivity index (χ3n) is 4.80. The summed E-state index contributed by atoms with van der Waals surface area (Å²) >= 11 is 5.93. The van der Waals surface area contributed by atoms with Gasteiger partial charge in [0.1, 0.15) is 17.4 Å². The molecule has 1 aromatic heterocycles. The molecule has 0 bridgehead atoms. The lowest BCUT2D eigenvalue weighted by atomic mass is 9.84. The summed E-state index contributed by atoms with van der Waals surface area (Å²) in [5, 5.41) is 19.9. The van der Waals surface area contributed by atoms with Crippen LogP contribution >= 0.6 is 11.6 Å². The Labute approximate surface area is 183 Å². The summed E-state index contributed by atoms with van der Waals surface area (Å²) in [6.07, 6.45) is 0. The average Bonchev–Trinajstić information content (AvgIpc) is 3.11. The minimum Gasteiger partial charge on any atom is -0.484 e. The summed E-state index contributed by atoms with van der Waals surface area (Å²) in [6.45, 7) is 1.65. The molecule has 1 amide bonds. The number of nitriles is 1. The molecule has 4 N–H and O–H groups in total. The van der Waals surface area contributed by atoms with Crippen LogP contribution in [0.25, 0.3) is 0 Å². The van der Waals surface area contributed by atoms with E-state index >= 15 is 0 Å². The van der Waals surface area contributed by atoms with Gasteiger partial charge in [-0.1, -0.05) is 29.8 Å². The Bertz CT molecular complexity index is 1230. The lowest BCUT2D eigenvalue weighted by Crippen LogP contribution is -2.21. The van der Waals surface area contributed by atoms with Crippen molar-refractivity contribution in [3.05, 3.63) is 81.8 Å². The molecular weight excluding hydrogens is 418 g/mol. The fraction of sp³-hybridized carbons (Fsp3) is 0.136. The van der Waals surface area contributed by atoms with E-state index in [0.29, 0.717) is 22.3 Å². The molecule has 8 nitrogen and oxygen atoms in total. The minimum atomic E-state index is -0.462. The number of hydrogen-bond acceptors (Lipinski definition) is 6. The normalized spacial score (nSPS) is 14.9. The second-order valence-electron chi connectivity index (χ2n) is 6.91. The number of rotatable bonds is 5. The van der Waals surface area contributed by atoms with Crippen LogP contribution in [0.4, 0.5) is 5.69 Å². The standard InChI is InChI=1S/C22H18ClN5O3/c1-12-19-20(17(10-24)21(25)31-22(19)28-27-12)13-4-2-7-16(8-13)30-11-18(29)26-15-6-3-5-14(23)9-15/h2-9,20H,11,25H2,1H3,(H,26,29)(H,27,28). The van der Waals surface area contributed by atoms with Gasteiger partial charge in [-0.25, -0.2) is 0 Å². The van der Waals surface area contributed by atoms with E-state index in [1.54, 1.807) is 42.5 Å². The van der Waals surface area contributed by atoms with E-state index in [2.05, 4.69) is 21.6 Å². The predicted octanol–water partition coefficient (Wildman–Crippen LogP) is 3.61. The number of fused-ring (bicyclic) bond motifs is 1. The number of aromatic amines is 1. The van der Waals surface area contributed by atoms with Gasteiger partial charge in [0.05, 0.1) is 5.92 Å². The molecule has 156 valence electrons. The maximum absolute atomic E-state index is 12.2. The molecule has 31 heavy (non-hydrogen) atoms. The average molecular weight is 436 g/mol. The van der Waals surface area contributed by atoms with Gasteiger partial charge in [0, 0.05) is 22.0 Å². The van der Waals surface area contributed by atoms with Crippen molar-refractivity contribution in [1.82, 2.24) is 10.2 Å². The van der Waals surface area contributed by atoms with Gasteiger partial charge in [0.2, 0.25) is 11.8 Å². The molecule has 0 fully saturated rings. The number of halogens is 1. The highest BCUT2D eigenvalue weighted by Gasteiger charge is 2.34. The third kappa shape index (κ3) is 4.17. The summed E-state index contributed by atoms with van der Waals surface area (Å²) in [6, 6.07) is 16.1. The zero-order chi connectivity index (χ0) is 22.0. The van der Waals surface area contributed by atoms with Gasteiger partial charge in [0.15, 0.2) is 6.61 Å². The number of aromatic nitrogens is 2. The Kier molecular flexibility index (Phi) is 5.52. The molecule has 0 aliphatic carbocycles. The Balaban J connectivity index is 1.54. The third-order valence-corrected chi connectivity index (χ3v) is 5.03. The van der Waals surface area contributed by atoms with Crippen molar-refractivity contribution in [2.75, 3.05) is 11.9 Å². The van der Waals surface area contributed by atoms with Gasteiger partial charge in [-0.15, -0.1) is 5.10 Å². The number of nitrogens with one attached hydrogen (secondary N) is 2. The second kappa shape index (κ2) is 8.42. The largest absolute Gasteiger partial charge is 0.484 e. The summed E-state index contributed by atoms with van der Waals surface area (Å²) in [7, 11) is 0. The maximum atomic E-state index is 12.2. The molecular formula is C22H18ClN5O3. The zero-order valence-corrected chi connectivity index (χ0v) is 17.2. The highest BCUT2D eigenvalue weighted by atomic mass is 35.5. The van der Waals surface area contributed by atoms with E-state index in [1.165, 1.54) is 0 Å². The van der Waals surface area contributed by atoms with Gasteiger partial charge < -0.3 is 20.5 Å². The molecule has 1 aliphatic heterocycles. The zero-order valence-electron chi connectivity index (χ0n) is 16.5. The van der Waals surface area contributed by atoms with Gasteiger partial charge in [-0.05, 0) is 42.8 Å². The Morgan fingerprint density at radius 3 is 2.94 bits per heavy atom. The van der Waals surface area contributed by atoms with Crippen LogP contribution in [0.1, 0.15) is 22.7 Å². The van der Waals surface area contributed by atoms with Crippen LogP contribution in [0, 0.1) is 18.3 Å². The SMILES string of the molecule is Cc1[nH]nc2c1C(c1cccc(OCC(=O)Nc3cccc(Cl)c3)c1)C(C#N)=C(N)O2. The number of ether oxygens (including phenoxy) is 2. The molecule has 0 saturated heterocycles. The number of allylic oxidation sites excluding steroid dienone is 1. The number of anilines is 1. The number of benzene rings is 2. The minimum absolute atomic E-state index is 0.0127. The van der Waals surface area contributed by atoms with Crippen molar-refractivity contribution in [2.24, 2.45) is 5.73 Å². The first-order chi connectivity index (χ1) is 15.0. The first-order valence-corrected chi connectivity index (χ1v) is 9.74. The number of H-pyrrole nitrogens is 1. The summed E-state index contributed by atoms with van der Waals surface area (Å²) in [5.41, 5.74) is 9.09. The van der Waals surface area contributed by atoms with Crippen molar-refractivity contribution in [3.63, 3.8) is 0 Å². The van der Waals surface area contributed by atoms with Crippen LogP contribution < -0.4 is 20.5 Å². The maximum Gasteiger partial charge on any atom is 0.262 e. The topological polar surface area (TPSA) is 126 Å². The number of carbonyl (C=O) groups is 1. The second-order valence-corrected chi connectivity index (χ2v) is 7.35. The molecule has 2 heterocycles. The predicted molar refractivity (Wildman–Crippen MR) is 115 cm³/mol. The molecule has 0 radical (unpaired) electrons. The van der Waals surface area contributed by atoms with Gasteiger partial charge in [0.25, 0.3) is 5.91 Å². The Hall–Kier alpha value is -3.96. The molecule has 1 atom stereocenters. The van der Waals surface area contributed by atoms with E-state index in [4.69, 9.17) is 26.8 Å². The number of amides is 1. The monoisotopic (exact) mass is 435 g/mol. The molecule has 3 aromatic rings. The van der Waals surface area contributed by atoms with Gasteiger partial charge in [-0.2, -0.15) is 5.26 Å². The Morgan fingerprint density at radius 2 is 2.16 bits per heavy atom. The first-order valence-electron chi connectivity index (χ1n) is 9.37. The number of hydrogen-bond donors (Lipinski definition) is 3. The van der Waals surface area contributed by atoms with E-state index in [-0.39, 0.29) is 24.0 Å². The number of nitrogens with zero attached hydrogens (tertiary/aromatic N) is 2. The van der Waals surface area contributed by atoms with Crippen molar-refractivity contribution in [1.29, 1.82) is 5.26 Å². The number of nitrogens with two attached hydrogens (primary N) is 1. The van der Waals surface area contributed by atoms with Crippen LogP contribution in [0.3, 0.4) is 0 Å². The molecule has 1 unspecified atom stereocenters. The van der Waals surface area contributed by atoms with Crippen molar-refractivity contribution in [3.8, 4) is 17.7 Å². The van der Waals surface area contributed by atoms with Gasteiger partial charge >= 0.3 is 0 Å². The van der Waals surface area contributed by atoms with E-state index < -0.39 is 5.92 Å². The number of carbonyl (C=O) groups excluding carboxylic acids is 1. The molecule has 9 heteroatoms. The molecule has 2 aromatic carbocycles. The molecule has 0 saturated carbocycles. The fourth-order valence-corrected chi connectivity index (χ4v) is 3.62. The lowest BCUT2D eigenvalue weighted by molar-refractivity contribution is -0.118. The van der Waals surface area contributed by atoms with Crippen molar-refractivity contribution < 1.29 is 14.3 Å². The lowest BCUT2D eigenvalue weighted by Gasteiger charge is -2.24. The van der Waals surface area contributed by atoms with Crippen molar-refractivity contribution in [2.45, 2.75) is 12.8 Å². The number of aryl methyl sites for hydroxylation is 1. The highest BCUT2D eigenvalue weighted by Crippen LogP contribution is 2.43. The van der Waals surface area contributed by atoms with Crippen LogP contribution in [0.15, 0.2) is 60.0 Å². The summed E-state index contributed by atoms with van der Waals surface area (Å²) in [5.74, 6) is 0.0404. The van der Waals surface area contributed by atoms with Crippen LogP contribution in [0.2, 0.25) is 5.02 Å². The molecule has 0 spiro atoms. The quantitative estimate of drug-likeness (QED) is 0.562. The summed E-state index contributed by atoms with van der Waals surface area (Å²) < 4.78 is 11.1. The fourth-order valence-electron chi connectivity index (χ4n) is 3.43. The Morgan fingerprint density at radius 1 is 1.35 bits per heavy atom. The smallest absolute Gasteiger partial charge is 0.262 e. The molecule has 4 rings (SSSR count). The van der Waals surface area contributed by atoms with Crippen LogP contribution in [-0.2, 0) is 4.79 Å². The van der Waals surface area contributed by atoms with Gasteiger partial charge in [-0.3, -0.25) is 9.89 Å². The van der Waals surface area contributed by atoms with E-state index in [1.807, 2.05) is 13.0 Å². The van der Waals surface area contributed by atoms with Crippen LogP contribution in [-0.4, -0.2) is 22.7 Å². The summed E-state index contributed by atoms with van der Waals surface area (Å²) in [4.78, 5) is 12.2. The van der Waals surface area contributed by atoms with Crippen molar-refractivity contribution >= 4 is 23.2 Å². The first kappa shape index (κ1) is 20.3. The van der Waals surface area contributed by atoms with E-state index in [9.17, 15) is 10.1 Å². The molecule has 1 aliphatic rings. The highest BCUT2D eigenvalue weighted by molar-refractivity contribution is 6.30. The van der Waals surface area contributed by atoms with Crippen LogP contribution in [0.5, 0.6) is 11.6 Å².